The van der Waals surface area contributed by atoms with Crippen molar-refractivity contribution < 1.29 is 19.2 Å². The SMILES string of the molecule is COC(=O)/C=C/c1cnc(Nc2cc([N+](=O)[O-])c(N(C)CCN(C)C)cc2OC)nc1-c1cn2c3c(cccc13)CCC2. The Balaban J connectivity index is 1.59. The standard InChI is InChI=1S/C31H35N7O5/c1-35(2)14-15-36(3)25-17-27(42-4)24(16-26(25)38(40)41)33-31-32-18-21(11-12-28(39)43-5)29(34-31)23-19-37-13-7-9-20-8-6-10-22(23)30(20)37/h6,8,10-12,16-19H,7,9,13-15H2,1-5H3,(H,32,33,34)/b12-11+. The van der Waals surface area contributed by atoms with Gasteiger partial charge in [0.25, 0.3) is 5.69 Å². The molecule has 2 aromatic heterocycles. The largest absolute Gasteiger partial charge is 0.494 e. The van der Waals surface area contributed by atoms with Gasteiger partial charge in [-0.3, -0.25) is 10.1 Å². The van der Waals surface area contributed by atoms with Crippen molar-refractivity contribution in [3.05, 3.63) is 70.0 Å². The van der Waals surface area contributed by atoms with Crippen LogP contribution in [0.1, 0.15) is 17.5 Å². The third-order valence-corrected chi connectivity index (χ3v) is 7.53. The molecule has 0 unspecified atom stereocenters. The summed E-state index contributed by atoms with van der Waals surface area (Å²) in [7, 11) is 8.54. The second kappa shape index (κ2) is 12.5. The number of nitro benzene ring substituents is 1. The van der Waals surface area contributed by atoms with Gasteiger partial charge in [-0.05, 0) is 38.6 Å². The Hall–Kier alpha value is -4.97. The minimum Gasteiger partial charge on any atom is -0.494 e. The molecule has 0 fully saturated rings. The molecule has 5 rings (SSSR count). The van der Waals surface area contributed by atoms with E-state index in [2.05, 4.69) is 33.2 Å². The molecular weight excluding hydrogens is 550 g/mol. The fourth-order valence-electron chi connectivity index (χ4n) is 5.33. The topological polar surface area (TPSA) is 128 Å². The van der Waals surface area contributed by atoms with E-state index >= 15 is 0 Å². The summed E-state index contributed by atoms with van der Waals surface area (Å²) in [4.78, 5) is 36.8. The Morgan fingerprint density at radius 1 is 1.21 bits per heavy atom. The molecule has 1 aliphatic rings. The van der Waals surface area contributed by atoms with Gasteiger partial charge in [0.2, 0.25) is 5.95 Å². The molecule has 224 valence electrons. The molecule has 0 aliphatic carbocycles. The molecule has 1 aliphatic heterocycles. The summed E-state index contributed by atoms with van der Waals surface area (Å²) < 4.78 is 12.7. The number of hydrogen-bond donors (Lipinski definition) is 1. The van der Waals surface area contributed by atoms with Crippen molar-refractivity contribution in [2.24, 2.45) is 0 Å². The number of nitro groups is 1. The maximum atomic E-state index is 12.1. The van der Waals surface area contributed by atoms with E-state index in [1.54, 1.807) is 18.3 Å². The zero-order valence-corrected chi connectivity index (χ0v) is 25.0. The van der Waals surface area contributed by atoms with Crippen LogP contribution >= 0.6 is 0 Å². The van der Waals surface area contributed by atoms with E-state index in [9.17, 15) is 14.9 Å². The van der Waals surface area contributed by atoms with Gasteiger partial charge < -0.3 is 29.2 Å². The fourth-order valence-corrected chi connectivity index (χ4v) is 5.33. The monoisotopic (exact) mass is 585 g/mol. The summed E-state index contributed by atoms with van der Waals surface area (Å²) in [5, 5.41) is 16.3. The van der Waals surface area contributed by atoms with Gasteiger partial charge in [-0.15, -0.1) is 0 Å². The fraction of sp³-hybridized carbons (Fsp3) is 0.323. The number of aromatic nitrogens is 3. The lowest BCUT2D eigenvalue weighted by molar-refractivity contribution is -0.384. The highest BCUT2D eigenvalue weighted by Crippen LogP contribution is 2.40. The number of aryl methyl sites for hydroxylation is 2. The summed E-state index contributed by atoms with van der Waals surface area (Å²) in [6, 6.07) is 9.34. The summed E-state index contributed by atoms with van der Waals surface area (Å²) >= 11 is 0. The average molecular weight is 586 g/mol. The number of anilines is 3. The molecule has 43 heavy (non-hydrogen) atoms. The van der Waals surface area contributed by atoms with Gasteiger partial charge in [0, 0.05) is 73.8 Å². The van der Waals surface area contributed by atoms with Crippen LogP contribution in [0.15, 0.2) is 48.8 Å². The van der Waals surface area contributed by atoms with Gasteiger partial charge in [0.15, 0.2) is 0 Å². The van der Waals surface area contributed by atoms with Crippen LogP contribution in [0.3, 0.4) is 0 Å². The number of para-hydroxylation sites is 1. The number of methoxy groups -OCH3 is 2. The quantitative estimate of drug-likeness (QED) is 0.112. The second-order valence-electron chi connectivity index (χ2n) is 10.7. The lowest BCUT2D eigenvalue weighted by atomic mass is 10.0. The number of carbonyl (C=O) groups excluding carboxylic acids is 1. The van der Waals surface area contributed by atoms with Gasteiger partial charge in [-0.25, -0.2) is 14.8 Å². The van der Waals surface area contributed by atoms with Crippen LogP contribution in [0.5, 0.6) is 5.75 Å². The minimum atomic E-state index is -0.497. The number of benzene rings is 2. The van der Waals surface area contributed by atoms with Gasteiger partial charge in [-0.2, -0.15) is 0 Å². The summed E-state index contributed by atoms with van der Waals surface area (Å²) in [6.45, 7) is 2.21. The van der Waals surface area contributed by atoms with E-state index in [1.807, 2.05) is 37.0 Å². The first kappa shape index (κ1) is 29.5. The molecule has 0 spiro atoms. The van der Waals surface area contributed by atoms with Crippen molar-refractivity contribution in [1.82, 2.24) is 19.4 Å². The Morgan fingerprint density at radius 2 is 2.02 bits per heavy atom. The Kier molecular flexibility index (Phi) is 8.58. The lowest BCUT2D eigenvalue weighted by Crippen LogP contribution is -2.28. The van der Waals surface area contributed by atoms with Gasteiger partial charge in [0.05, 0.1) is 36.0 Å². The van der Waals surface area contributed by atoms with E-state index in [0.29, 0.717) is 34.9 Å². The summed E-state index contributed by atoms with van der Waals surface area (Å²) in [5.41, 5.74) is 5.29. The van der Waals surface area contributed by atoms with Gasteiger partial charge in [-0.1, -0.05) is 18.2 Å². The Labute approximate surface area is 249 Å². The number of esters is 1. The van der Waals surface area contributed by atoms with E-state index < -0.39 is 10.9 Å². The maximum absolute atomic E-state index is 12.1. The van der Waals surface area contributed by atoms with Gasteiger partial charge in [0.1, 0.15) is 11.4 Å². The zero-order chi connectivity index (χ0) is 30.7. The Morgan fingerprint density at radius 3 is 2.74 bits per heavy atom. The highest BCUT2D eigenvalue weighted by Gasteiger charge is 2.24. The van der Waals surface area contributed by atoms with E-state index in [0.717, 1.165) is 36.9 Å². The zero-order valence-electron chi connectivity index (χ0n) is 25.0. The van der Waals surface area contributed by atoms with Crippen LogP contribution in [0.4, 0.5) is 23.0 Å². The first-order valence-electron chi connectivity index (χ1n) is 13.9. The molecule has 0 radical (unpaired) electrons. The number of carbonyl (C=O) groups is 1. The molecule has 0 saturated carbocycles. The van der Waals surface area contributed by atoms with Crippen molar-refractivity contribution in [1.29, 1.82) is 0 Å². The number of rotatable bonds is 11. The van der Waals surface area contributed by atoms with Crippen LogP contribution in [0, 0.1) is 10.1 Å². The number of nitrogens with one attached hydrogen (secondary N) is 1. The molecule has 0 saturated heterocycles. The van der Waals surface area contributed by atoms with E-state index in [-0.39, 0.29) is 11.6 Å². The van der Waals surface area contributed by atoms with E-state index in [4.69, 9.17) is 14.5 Å². The summed E-state index contributed by atoms with van der Waals surface area (Å²) in [5.74, 6) is 0.131. The van der Waals surface area contributed by atoms with Crippen molar-refractivity contribution >= 4 is 46.0 Å². The first-order chi connectivity index (χ1) is 20.7. The third-order valence-electron chi connectivity index (χ3n) is 7.53. The van der Waals surface area contributed by atoms with Crippen molar-refractivity contribution in [2.75, 3.05) is 58.7 Å². The normalized spacial score (nSPS) is 12.6. The molecule has 4 aromatic rings. The second-order valence-corrected chi connectivity index (χ2v) is 10.7. The van der Waals surface area contributed by atoms with Crippen LogP contribution in [0.25, 0.3) is 28.2 Å². The van der Waals surface area contributed by atoms with Crippen LogP contribution in [0.2, 0.25) is 0 Å². The van der Waals surface area contributed by atoms with Crippen molar-refractivity contribution in [3.8, 4) is 17.0 Å². The van der Waals surface area contributed by atoms with Gasteiger partial charge >= 0.3 is 5.97 Å². The highest BCUT2D eigenvalue weighted by atomic mass is 16.6. The third kappa shape index (κ3) is 6.14. The molecule has 3 heterocycles. The predicted octanol–water partition coefficient (Wildman–Crippen LogP) is 4.89. The molecule has 12 heteroatoms. The van der Waals surface area contributed by atoms with Crippen molar-refractivity contribution in [3.63, 3.8) is 0 Å². The minimum absolute atomic E-state index is 0.0728. The molecule has 0 atom stereocenters. The molecule has 1 N–H and O–H groups in total. The van der Waals surface area contributed by atoms with Crippen molar-refractivity contribution in [2.45, 2.75) is 19.4 Å². The van der Waals surface area contributed by atoms with Crippen LogP contribution in [-0.4, -0.2) is 78.8 Å². The summed E-state index contributed by atoms with van der Waals surface area (Å²) in [6.07, 6.45) is 8.70. The number of nitrogens with zero attached hydrogens (tertiary/aromatic N) is 6. The highest BCUT2D eigenvalue weighted by molar-refractivity contribution is 5.99. The molecule has 2 aromatic carbocycles. The number of hydrogen-bond acceptors (Lipinski definition) is 10. The molecule has 12 nitrogen and oxygen atoms in total. The lowest BCUT2D eigenvalue weighted by Gasteiger charge is -2.22. The Bertz CT molecular complexity index is 1710. The number of ether oxygens (including phenoxy) is 2. The smallest absolute Gasteiger partial charge is 0.330 e. The predicted molar refractivity (Wildman–Crippen MR) is 167 cm³/mol. The van der Waals surface area contributed by atoms with Crippen LogP contribution in [-0.2, 0) is 22.5 Å². The average Bonchev–Trinajstić information content (AvgIpc) is 3.38. The molecule has 0 bridgehead atoms. The van der Waals surface area contributed by atoms with Crippen LogP contribution < -0.4 is 15.0 Å². The first-order valence-corrected chi connectivity index (χ1v) is 13.9. The number of likely N-dealkylation sites (N-methyl/N-ethyl adjacent to an activating group) is 2. The molecule has 0 amide bonds. The van der Waals surface area contributed by atoms with E-state index in [1.165, 1.54) is 37.4 Å². The maximum Gasteiger partial charge on any atom is 0.330 e. The molecular formula is C31H35N7O5.